The fraction of sp³-hybridized carbons (Fsp3) is 0.955. The quantitative estimate of drug-likeness (QED) is 0.227. The third-order valence-electron chi connectivity index (χ3n) is 5.45. The highest BCUT2D eigenvalue weighted by Crippen LogP contribution is 2.37. The first kappa shape index (κ1) is 24.9. The van der Waals surface area contributed by atoms with Gasteiger partial charge >= 0.3 is 0 Å². The van der Waals surface area contributed by atoms with Crippen molar-refractivity contribution >= 4 is 14.3 Å². The monoisotopic (exact) mass is 401 g/mol. The van der Waals surface area contributed by atoms with Gasteiger partial charge in [-0.3, -0.25) is 4.79 Å². The number of likely N-dealkylation sites (N-methyl/N-ethyl adjacent to an activating group) is 1. The van der Waals surface area contributed by atoms with E-state index in [9.17, 15) is 4.79 Å². The van der Waals surface area contributed by atoms with E-state index in [4.69, 9.17) is 9.05 Å². The van der Waals surface area contributed by atoms with Gasteiger partial charge in [-0.25, -0.2) is 0 Å². The Hall–Kier alpha value is -0.180. The molecule has 1 amide bonds. The maximum absolute atomic E-state index is 12.4. The lowest BCUT2D eigenvalue weighted by Crippen LogP contribution is -2.40. The van der Waals surface area contributed by atoms with E-state index >= 15 is 0 Å². The van der Waals surface area contributed by atoms with Gasteiger partial charge in [-0.1, -0.05) is 96.8 Å². The van der Waals surface area contributed by atoms with Crippen molar-refractivity contribution in [1.29, 1.82) is 0 Å². The number of hydrogen-bond donors (Lipinski definition) is 0. The molecule has 2 unspecified atom stereocenters. The second kappa shape index (κ2) is 16.7. The van der Waals surface area contributed by atoms with Crippen LogP contribution in [-0.4, -0.2) is 43.8 Å². The van der Waals surface area contributed by atoms with Crippen molar-refractivity contribution in [2.45, 2.75) is 109 Å². The van der Waals surface area contributed by atoms with Crippen molar-refractivity contribution in [2.24, 2.45) is 0 Å². The van der Waals surface area contributed by atoms with Crippen molar-refractivity contribution in [3.8, 4) is 0 Å². The number of carbonyl (C=O) groups excluding carboxylic acids is 1. The number of carbonyl (C=O) groups is 1. The van der Waals surface area contributed by atoms with Crippen LogP contribution in [0.2, 0.25) is 0 Å². The van der Waals surface area contributed by atoms with E-state index in [1.807, 2.05) is 13.7 Å². The summed E-state index contributed by atoms with van der Waals surface area (Å²) in [5, 5.41) is 0. The minimum atomic E-state index is -0.910. The van der Waals surface area contributed by atoms with Gasteiger partial charge in [-0.05, 0) is 6.42 Å². The Morgan fingerprint density at radius 1 is 0.889 bits per heavy atom. The van der Waals surface area contributed by atoms with Crippen LogP contribution in [0.3, 0.4) is 0 Å². The summed E-state index contributed by atoms with van der Waals surface area (Å²) in [6, 6.07) is 0. The summed E-state index contributed by atoms with van der Waals surface area (Å²) < 4.78 is 11.4. The van der Waals surface area contributed by atoms with Gasteiger partial charge in [0.1, 0.15) is 6.10 Å². The molecule has 0 spiro atoms. The molecule has 1 fully saturated rings. The minimum Gasteiger partial charge on any atom is -0.341 e. The minimum absolute atomic E-state index is 0.127. The molecule has 160 valence electrons. The van der Waals surface area contributed by atoms with Crippen LogP contribution in [0.15, 0.2) is 0 Å². The zero-order chi connectivity index (χ0) is 19.7. The molecular formula is C22H44NO3P. The van der Waals surface area contributed by atoms with Gasteiger partial charge < -0.3 is 13.9 Å². The molecule has 1 heterocycles. The molecule has 0 aromatic heterocycles. The van der Waals surface area contributed by atoms with Gasteiger partial charge in [-0.15, -0.1) is 0 Å². The van der Waals surface area contributed by atoms with Crippen LogP contribution in [0.25, 0.3) is 0 Å². The van der Waals surface area contributed by atoms with Gasteiger partial charge in [0.25, 0.3) is 5.91 Å². The van der Waals surface area contributed by atoms with Crippen molar-refractivity contribution in [2.75, 3.05) is 26.9 Å². The third kappa shape index (κ3) is 12.8. The van der Waals surface area contributed by atoms with Crippen LogP contribution in [0, 0.1) is 0 Å². The van der Waals surface area contributed by atoms with Gasteiger partial charge in [0.2, 0.25) is 0 Å². The summed E-state index contributed by atoms with van der Waals surface area (Å²) in [4.78, 5) is 14.1. The van der Waals surface area contributed by atoms with E-state index < -0.39 is 8.38 Å². The van der Waals surface area contributed by atoms with Crippen molar-refractivity contribution in [3.63, 3.8) is 0 Å². The number of rotatable bonds is 15. The first-order valence-corrected chi connectivity index (χ1v) is 13.1. The smallest absolute Gasteiger partial charge is 0.251 e. The van der Waals surface area contributed by atoms with Crippen LogP contribution in [-0.2, 0) is 13.8 Å². The summed E-state index contributed by atoms with van der Waals surface area (Å²) in [5.74, 6) is 0.127. The van der Waals surface area contributed by atoms with Crippen LogP contribution in [0.4, 0.5) is 0 Å². The number of unbranched alkanes of at least 4 members (excludes halogenated alkanes) is 13. The molecule has 1 saturated heterocycles. The summed E-state index contributed by atoms with van der Waals surface area (Å²) in [6.45, 7) is 5.48. The summed E-state index contributed by atoms with van der Waals surface area (Å²) in [5.41, 5.74) is 0. The largest absolute Gasteiger partial charge is 0.341 e. The average Bonchev–Trinajstić information content (AvgIpc) is 2.65. The van der Waals surface area contributed by atoms with Crippen LogP contribution < -0.4 is 0 Å². The highest BCUT2D eigenvalue weighted by Gasteiger charge is 2.27. The molecule has 1 aliphatic heterocycles. The maximum Gasteiger partial charge on any atom is 0.251 e. The standard InChI is InChI=1S/C22H44NO3P/c1-4-5-6-7-8-9-10-11-12-13-14-15-16-17-18-21-22(24)23(2)19-20-25-27(3)26-21/h21H,4-20H2,1-3H3. The van der Waals surface area contributed by atoms with Crippen molar-refractivity contribution < 1.29 is 13.8 Å². The molecule has 0 N–H and O–H groups in total. The summed E-state index contributed by atoms with van der Waals surface area (Å²) >= 11 is 0. The zero-order valence-corrected chi connectivity index (χ0v) is 19.1. The molecule has 1 aliphatic rings. The maximum atomic E-state index is 12.4. The van der Waals surface area contributed by atoms with E-state index in [2.05, 4.69) is 6.92 Å². The molecule has 0 aromatic carbocycles. The van der Waals surface area contributed by atoms with E-state index in [0.717, 1.165) is 12.8 Å². The predicted molar refractivity (Wildman–Crippen MR) is 116 cm³/mol. The van der Waals surface area contributed by atoms with Crippen LogP contribution >= 0.6 is 8.38 Å². The summed E-state index contributed by atoms with van der Waals surface area (Å²) in [6.07, 6.45) is 19.5. The highest BCUT2D eigenvalue weighted by atomic mass is 31.2. The van der Waals surface area contributed by atoms with Gasteiger partial charge in [0.15, 0.2) is 8.38 Å². The number of hydrogen-bond acceptors (Lipinski definition) is 3. The molecule has 2 atom stereocenters. The van der Waals surface area contributed by atoms with E-state index in [-0.39, 0.29) is 12.0 Å². The van der Waals surface area contributed by atoms with Crippen molar-refractivity contribution in [3.05, 3.63) is 0 Å². The zero-order valence-electron chi connectivity index (χ0n) is 18.2. The Labute approximate surface area is 169 Å². The Bertz CT molecular complexity index is 367. The highest BCUT2D eigenvalue weighted by molar-refractivity contribution is 7.46. The predicted octanol–water partition coefficient (Wildman–Crippen LogP) is 6.67. The lowest BCUT2D eigenvalue weighted by Gasteiger charge is -2.29. The fourth-order valence-corrected chi connectivity index (χ4v) is 4.57. The summed E-state index contributed by atoms with van der Waals surface area (Å²) in [7, 11) is 0.933. The molecular weight excluding hydrogens is 357 g/mol. The van der Waals surface area contributed by atoms with Crippen LogP contribution in [0.1, 0.15) is 103 Å². The second-order valence-corrected chi connectivity index (χ2v) is 9.36. The van der Waals surface area contributed by atoms with Crippen molar-refractivity contribution in [1.82, 2.24) is 4.90 Å². The molecule has 1 rings (SSSR count). The molecule has 4 nitrogen and oxygen atoms in total. The molecule has 5 heteroatoms. The first-order chi connectivity index (χ1) is 13.1. The van der Waals surface area contributed by atoms with Gasteiger partial charge in [0.05, 0.1) is 6.61 Å². The average molecular weight is 402 g/mol. The fourth-order valence-electron chi connectivity index (χ4n) is 3.62. The topological polar surface area (TPSA) is 38.8 Å². The molecule has 0 aromatic rings. The second-order valence-electron chi connectivity index (χ2n) is 8.01. The molecule has 0 aliphatic carbocycles. The number of amides is 1. The SMILES string of the molecule is CCCCCCCCCCCCCCCCC1OP(C)OCCN(C)C1=O. The number of nitrogens with zero attached hydrogens (tertiary/aromatic N) is 1. The van der Waals surface area contributed by atoms with Gasteiger partial charge in [0, 0.05) is 20.3 Å². The Kier molecular flexibility index (Phi) is 15.4. The molecule has 0 radical (unpaired) electrons. The normalized spacial score (nSPS) is 21.3. The van der Waals surface area contributed by atoms with E-state index in [1.54, 1.807) is 4.90 Å². The Balaban J connectivity index is 1.93. The Morgan fingerprint density at radius 3 is 1.89 bits per heavy atom. The Morgan fingerprint density at radius 2 is 1.37 bits per heavy atom. The molecule has 0 bridgehead atoms. The van der Waals surface area contributed by atoms with Crippen LogP contribution in [0.5, 0.6) is 0 Å². The third-order valence-corrected chi connectivity index (χ3v) is 6.54. The first-order valence-electron chi connectivity index (χ1n) is 11.4. The van der Waals surface area contributed by atoms with E-state index in [1.165, 1.54) is 83.5 Å². The molecule has 0 saturated carbocycles. The van der Waals surface area contributed by atoms with Gasteiger partial charge in [-0.2, -0.15) is 0 Å². The lowest BCUT2D eigenvalue weighted by atomic mass is 10.0. The molecule has 27 heavy (non-hydrogen) atoms. The lowest BCUT2D eigenvalue weighted by molar-refractivity contribution is -0.139. The van der Waals surface area contributed by atoms with E-state index in [0.29, 0.717) is 13.2 Å².